The van der Waals surface area contributed by atoms with E-state index in [9.17, 15) is 0 Å². The van der Waals surface area contributed by atoms with Crippen molar-refractivity contribution in [2.24, 2.45) is 0 Å². The topological polar surface area (TPSA) is 0 Å². The van der Waals surface area contributed by atoms with Crippen molar-refractivity contribution in [2.45, 2.75) is 0 Å². The van der Waals surface area contributed by atoms with E-state index in [0.29, 0.717) is 0 Å². The lowest BCUT2D eigenvalue weighted by Gasteiger charge is -2.19. The van der Waals surface area contributed by atoms with Crippen LogP contribution in [0.1, 0.15) is 0 Å². The van der Waals surface area contributed by atoms with Crippen LogP contribution in [-0.2, 0) is 0 Å². The summed E-state index contributed by atoms with van der Waals surface area (Å²) in [6, 6.07) is 86.4. The van der Waals surface area contributed by atoms with Crippen molar-refractivity contribution >= 4 is 97.0 Å². The second-order valence-electron chi connectivity index (χ2n) is 17.5. The highest BCUT2D eigenvalue weighted by molar-refractivity contribution is 6.29. The van der Waals surface area contributed by atoms with E-state index >= 15 is 0 Å². The van der Waals surface area contributed by atoms with Gasteiger partial charge in [-0.15, -0.1) is 0 Å². The maximum atomic E-state index is 2.46. The molecule has 0 atom stereocenters. The zero-order chi connectivity index (χ0) is 41.9. The third kappa shape index (κ3) is 5.17. The Morgan fingerprint density at radius 3 is 0.953 bits per heavy atom. The molecule has 0 heteroatoms. The van der Waals surface area contributed by atoms with Crippen molar-refractivity contribution in [3.8, 4) is 44.5 Å². The van der Waals surface area contributed by atoms with Crippen molar-refractivity contribution in [1.82, 2.24) is 0 Å². The summed E-state index contributed by atoms with van der Waals surface area (Å²) in [4.78, 5) is 0. The lowest BCUT2D eigenvalue weighted by Crippen LogP contribution is -1.92. The summed E-state index contributed by atoms with van der Waals surface area (Å²) >= 11 is 0. The Morgan fingerprint density at radius 2 is 0.500 bits per heavy atom. The van der Waals surface area contributed by atoms with Crippen LogP contribution in [0.15, 0.2) is 231 Å². The van der Waals surface area contributed by atoms with Gasteiger partial charge in [0.1, 0.15) is 0 Å². The minimum Gasteiger partial charge on any atom is -0.0616 e. The van der Waals surface area contributed by atoms with Crippen LogP contribution in [0.2, 0.25) is 0 Å². The average Bonchev–Trinajstić information content (AvgIpc) is 3.36. The predicted octanol–water partition coefficient (Wildman–Crippen LogP) is 18.2. The van der Waals surface area contributed by atoms with Crippen LogP contribution in [0, 0.1) is 0 Å². The Morgan fingerprint density at radius 1 is 0.156 bits per heavy atom. The molecule has 0 spiro atoms. The number of hydrogen-bond acceptors (Lipinski definition) is 0. The lowest BCUT2D eigenvalue weighted by molar-refractivity contribution is 1.66. The number of rotatable bonds is 4. The molecule has 0 heterocycles. The Labute approximate surface area is 370 Å². The molecule has 0 fully saturated rings. The first-order valence-corrected chi connectivity index (χ1v) is 22.3. The molecule has 0 nitrogen and oxygen atoms in total. The van der Waals surface area contributed by atoms with Crippen molar-refractivity contribution in [3.05, 3.63) is 231 Å². The molecule has 14 aromatic rings. The Hall–Kier alpha value is -8.32. The van der Waals surface area contributed by atoms with Gasteiger partial charge >= 0.3 is 0 Å². The van der Waals surface area contributed by atoms with Gasteiger partial charge in [-0.2, -0.15) is 0 Å². The van der Waals surface area contributed by atoms with E-state index in [-0.39, 0.29) is 0 Å². The first kappa shape index (κ1) is 35.3. The summed E-state index contributed by atoms with van der Waals surface area (Å²) in [5, 5.41) is 22.9. The number of hydrogen-bond donors (Lipinski definition) is 0. The van der Waals surface area contributed by atoms with E-state index in [1.807, 2.05) is 0 Å². The van der Waals surface area contributed by atoms with Crippen molar-refractivity contribution in [1.29, 1.82) is 0 Å². The second kappa shape index (κ2) is 13.6. The number of benzene rings is 14. The molecule has 0 aliphatic carbocycles. The highest BCUT2D eigenvalue weighted by atomic mass is 14.2. The standard InChI is InChI=1S/C64H38/c1-5-17-49-39(11-1)15-9-21-55(49)59-37-47(35-45-25-23-41-13-3-7-19-53(41)61(45)59)51-31-27-43-30-34-58-52(32-28-44-29-33-57(51)63(43)64(44)58)48-36-46-26-24-42-14-4-8-20-54(42)62(46)60(38-48)56-22-10-16-40-12-2-6-18-50(40)56/h1-38H. The van der Waals surface area contributed by atoms with Crippen LogP contribution < -0.4 is 0 Å². The first-order valence-electron chi connectivity index (χ1n) is 22.3. The van der Waals surface area contributed by atoms with Crippen molar-refractivity contribution < 1.29 is 0 Å². The third-order valence-electron chi connectivity index (χ3n) is 14.1. The van der Waals surface area contributed by atoms with Gasteiger partial charge in [-0.25, -0.2) is 0 Å². The van der Waals surface area contributed by atoms with Crippen LogP contribution in [0.25, 0.3) is 141 Å². The molecule has 0 saturated heterocycles. The van der Waals surface area contributed by atoms with E-state index < -0.39 is 0 Å². The summed E-state index contributed by atoms with van der Waals surface area (Å²) in [5.41, 5.74) is 10.0. The molecule has 0 saturated carbocycles. The monoisotopic (exact) mass is 806 g/mol. The normalized spacial score (nSPS) is 12.1. The minimum atomic E-state index is 1.23. The smallest absolute Gasteiger partial charge is 0.00203 e. The van der Waals surface area contributed by atoms with E-state index in [1.54, 1.807) is 0 Å². The van der Waals surface area contributed by atoms with E-state index in [2.05, 4.69) is 231 Å². The van der Waals surface area contributed by atoms with E-state index in [4.69, 9.17) is 0 Å². The third-order valence-corrected chi connectivity index (χ3v) is 14.1. The molecule has 14 aromatic carbocycles. The highest BCUT2D eigenvalue weighted by Gasteiger charge is 2.20. The molecule has 14 rings (SSSR count). The highest BCUT2D eigenvalue weighted by Crippen LogP contribution is 2.47. The van der Waals surface area contributed by atoms with Gasteiger partial charge in [0.15, 0.2) is 0 Å². The molecule has 0 unspecified atom stereocenters. The van der Waals surface area contributed by atoms with Crippen molar-refractivity contribution in [3.63, 3.8) is 0 Å². The largest absolute Gasteiger partial charge is 0.0616 e. The summed E-state index contributed by atoms with van der Waals surface area (Å²) in [6.07, 6.45) is 0. The van der Waals surface area contributed by atoms with E-state index in [1.165, 1.54) is 141 Å². The molecular formula is C64H38. The van der Waals surface area contributed by atoms with Gasteiger partial charge in [0.2, 0.25) is 0 Å². The first-order chi connectivity index (χ1) is 31.7. The van der Waals surface area contributed by atoms with Gasteiger partial charge in [0.05, 0.1) is 0 Å². The fourth-order valence-corrected chi connectivity index (χ4v) is 11.3. The summed E-state index contributed by atoms with van der Waals surface area (Å²) in [6.45, 7) is 0. The molecule has 0 radical (unpaired) electrons. The van der Waals surface area contributed by atoms with Crippen LogP contribution >= 0.6 is 0 Å². The van der Waals surface area contributed by atoms with Gasteiger partial charge in [-0.3, -0.25) is 0 Å². The minimum absolute atomic E-state index is 1.23. The molecule has 64 heavy (non-hydrogen) atoms. The van der Waals surface area contributed by atoms with Gasteiger partial charge in [0, 0.05) is 0 Å². The van der Waals surface area contributed by atoms with Gasteiger partial charge in [-0.1, -0.05) is 206 Å². The maximum Gasteiger partial charge on any atom is -0.00203 e. The van der Waals surface area contributed by atoms with Gasteiger partial charge in [0.25, 0.3) is 0 Å². The Bertz CT molecular complexity index is 3960. The molecule has 0 N–H and O–H groups in total. The zero-order valence-corrected chi connectivity index (χ0v) is 34.9. The fraction of sp³-hybridized carbons (Fsp3) is 0. The van der Waals surface area contributed by atoms with Crippen LogP contribution in [-0.4, -0.2) is 0 Å². The summed E-state index contributed by atoms with van der Waals surface area (Å²) in [5.74, 6) is 0. The quantitative estimate of drug-likeness (QED) is 0.155. The predicted molar refractivity (Wildman–Crippen MR) is 277 cm³/mol. The SMILES string of the molecule is c1ccc2c(-c3cc(-c4ccc5ccc6c(-c7cc(-c8cccc9ccccc89)c8c(ccc9ccccc98)c7)ccc7ccc4c5c76)cc4ccc5ccccc5c34)cccc2c1. The summed E-state index contributed by atoms with van der Waals surface area (Å²) in [7, 11) is 0. The summed E-state index contributed by atoms with van der Waals surface area (Å²) < 4.78 is 0. The van der Waals surface area contributed by atoms with Crippen LogP contribution in [0.5, 0.6) is 0 Å². The van der Waals surface area contributed by atoms with E-state index in [0.717, 1.165) is 0 Å². The second-order valence-corrected chi connectivity index (χ2v) is 17.5. The molecule has 0 amide bonds. The molecule has 0 aliphatic rings. The Kier molecular flexibility index (Phi) is 7.49. The van der Waals surface area contributed by atoms with Gasteiger partial charge in [-0.05, 0) is 166 Å². The van der Waals surface area contributed by atoms with Crippen molar-refractivity contribution in [2.75, 3.05) is 0 Å². The fourth-order valence-electron chi connectivity index (χ4n) is 11.3. The Balaban J connectivity index is 1.03. The average molecular weight is 807 g/mol. The van der Waals surface area contributed by atoms with Crippen LogP contribution in [0.3, 0.4) is 0 Å². The zero-order valence-electron chi connectivity index (χ0n) is 34.9. The number of fused-ring (bicyclic) bond motifs is 8. The molecular weight excluding hydrogens is 769 g/mol. The molecule has 0 aliphatic heterocycles. The molecule has 0 aromatic heterocycles. The molecule has 0 bridgehead atoms. The lowest BCUT2D eigenvalue weighted by atomic mass is 9.84. The molecule has 294 valence electrons. The maximum absolute atomic E-state index is 2.46. The van der Waals surface area contributed by atoms with Crippen LogP contribution in [0.4, 0.5) is 0 Å². The van der Waals surface area contributed by atoms with Gasteiger partial charge < -0.3 is 0 Å².